The van der Waals surface area contributed by atoms with E-state index in [2.05, 4.69) is 19.2 Å². The van der Waals surface area contributed by atoms with Gasteiger partial charge in [-0.2, -0.15) is 0 Å². The molecule has 1 aliphatic rings. The fourth-order valence-electron chi connectivity index (χ4n) is 2.85. The molecule has 1 aromatic rings. The van der Waals surface area contributed by atoms with Crippen LogP contribution in [0.5, 0.6) is 0 Å². The lowest BCUT2D eigenvalue weighted by Gasteiger charge is -2.35. The van der Waals surface area contributed by atoms with Gasteiger partial charge in [0.15, 0.2) is 0 Å². The van der Waals surface area contributed by atoms with Crippen molar-refractivity contribution in [3.63, 3.8) is 0 Å². The Hall–Kier alpha value is -1.51. The maximum atomic E-state index is 11.5. The molecule has 3 unspecified atom stereocenters. The van der Waals surface area contributed by atoms with Crippen LogP contribution in [0.1, 0.15) is 43.5 Å². The molecule has 1 fully saturated rings. The van der Waals surface area contributed by atoms with Crippen LogP contribution in [-0.2, 0) is 4.74 Å². The van der Waals surface area contributed by atoms with Crippen molar-refractivity contribution >= 4 is 11.7 Å². The molecule has 0 amide bonds. The summed E-state index contributed by atoms with van der Waals surface area (Å²) in [4.78, 5) is 11.5. The molecule has 3 nitrogen and oxygen atoms in total. The summed E-state index contributed by atoms with van der Waals surface area (Å²) in [5.74, 6) is 1.14. The van der Waals surface area contributed by atoms with Gasteiger partial charge in [0.25, 0.3) is 0 Å². The molecule has 1 aromatic carbocycles. The topological polar surface area (TPSA) is 38.3 Å². The Morgan fingerprint density at radius 2 is 2.11 bits per heavy atom. The predicted molar refractivity (Wildman–Crippen MR) is 77.4 cm³/mol. The molecule has 19 heavy (non-hydrogen) atoms. The van der Waals surface area contributed by atoms with E-state index in [0.717, 1.165) is 11.6 Å². The number of hydrogen-bond donors (Lipinski definition) is 1. The first-order chi connectivity index (χ1) is 9.11. The number of rotatable bonds is 3. The van der Waals surface area contributed by atoms with Gasteiger partial charge >= 0.3 is 5.97 Å². The Morgan fingerprint density at radius 3 is 2.84 bits per heavy atom. The third-order valence-corrected chi connectivity index (χ3v) is 4.34. The number of benzene rings is 1. The molecule has 3 heteroatoms. The average Bonchev–Trinajstić information content (AvgIpc) is 2.43. The molecule has 0 aromatic heterocycles. The van der Waals surface area contributed by atoms with Crippen molar-refractivity contribution in [3.05, 3.63) is 29.8 Å². The molecule has 1 aliphatic carbocycles. The highest BCUT2D eigenvalue weighted by Crippen LogP contribution is 2.31. The summed E-state index contributed by atoms with van der Waals surface area (Å²) in [6.45, 7) is 4.63. The summed E-state index contributed by atoms with van der Waals surface area (Å²) in [5, 5.41) is 3.57. The van der Waals surface area contributed by atoms with Crippen molar-refractivity contribution in [2.24, 2.45) is 11.8 Å². The van der Waals surface area contributed by atoms with Gasteiger partial charge in [0, 0.05) is 11.7 Å². The van der Waals surface area contributed by atoms with Gasteiger partial charge in [-0.25, -0.2) is 4.79 Å². The molecule has 0 heterocycles. The van der Waals surface area contributed by atoms with Crippen LogP contribution in [0, 0.1) is 11.8 Å². The molecule has 104 valence electrons. The van der Waals surface area contributed by atoms with Gasteiger partial charge in [0.1, 0.15) is 0 Å². The Morgan fingerprint density at radius 1 is 1.32 bits per heavy atom. The fraction of sp³-hybridized carbons (Fsp3) is 0.562. The second kappa shape index (κ2) is 6.09. The number of hydrogen-bond acceptors (Lipinski definition) is 3. The van der Waals surface area contributed by atoms with E-state index in [4.69, 9.17) is 4.74 Å². The molecule has 0 radical (unpaired) electrons. The maximum Gasteiger partial charge on any atom is 0.337 e. The summed E-state index contributed by atoms with van der Waals surface area (Å²) >= 11 is 0. The van der Waals surface area contributed by atoms with Crippen molar-refractivity contribution < 1.29 is 9.53 Å². The number of esters is 1. The minimum Gasteiger partial charge on any atom is -0.465 e. The van der Waals surface area contributed by atoms with Crippen LogP contribution in [0.3, 0.4) is 0 Å². The Kier molecular flexibility index (Phi) is 4.46. The zero-order valence-electron chi connectivity index (χ0n) is 12.0. The quantitative estimate of drug-likeness (QED) is 0.843. The largest absolute Gasteiger partial charge is 0.465 e. The fourth-order valence-corrected chi connectivity index (χ4v) is 2.85. The second-order valence-electron chi connectivity index (χ2n) is 5.59. The predicted octanol–water partition coefficient (Wildman–Crippen LogP) is 3.71. The summed E-state index contributed by atoms with van der Waals surface area (Å²) in [6.07, 6.45) is 3.80. The number of ether oxygens (including phenoxy) is 1. The first-order valence-corrected chi connectivity index (χ1v) is 7.06. The van der Waals surface area contributed by atoms with Crippen molar-refractivity contribution in [2.45, 2.75) is 39.2 Å². The molecule has 1 N–H and O–H groups in total. The van der Waals surface area contributed by atoms with E-state index >= 15 is 0 Å². The molecule has 0 aliphatic heterocycles. The Balaban J connectivity index is 2.08. The standard InChI is InChI=1S/C16H23NO2/c1-11-6-4-9-15(12(11)2)17-14-8-5-7-13(10-14)16(18)19-3/h5,7-8,10-12,15,17H,4,6,9H2,1-3H3. The summed E-state index contributed by atoms with van der Waals surface area (Å²) in [6, 6.07) is 8.06. The highest BCUT2D eigenvalue weighted by Gasteiger charge is 2.26. The van der Waals surface area contributed by atoms with E-state index in [1.165, 1.54) is 26.4 Å². The normalized spacial score (nSPS) is 26.8. The number of nitrogens with one attached hydrogen (secondary N) is 1. The van der Waals surface area contributed by atoms with Crippen molar-refractivity contribution in [1.29, 1.82) is 0 Å². The van der Waals surface area contributed by atoms with E-state index in [9.17, 15) is 4.79 Å². The Labute approximate surface area is 115 Å². The summed E-state index contributed by atoms with van der Waals surface area (Å²) in [7, 11) is 1.41. The smallest absolute Gasteiger partial charge is 0.337 e. The van der Waals surface area contributed by atoms with Gasteiger partial charge in [-0.05, 0) is 36.5 Å². The van der Waals surface area contributed by atoms with E-state index < -0.39 is 0 Å². The molecule has 2 rings (SSSR count). The van der Waals surface area contributed by atoms with Gasteiger partial charge in [-0.1, -0.05) is 32.8 Å². The minimum atomic E-state index is -0.284. The van der Waals surface area contributed by atoms with Crippen LogP contribution in [0.15, 0.2) is 24.3 Å². The molecular weight excluding hydrogens is 238 g/mol. The molecular formula is C16H23NO2. The third-order valence-electron chi connectivity index (χ3n) is 4.34. The molecule has 0 spiro atoms. The number of anilines is 1. The van der Waals surface area contributed by atoms with Gasteiger partial charge < -0.3 is 10.1 Å². The molecule has 1 saturated carbocycles. The highest BCUT2D eigenvalue weighted by atomic mass is 16.5. The lowest BCUT2D eigenvalue weighted by atomic mass is 9.78. The number of carbonyl (C=O) groups is 1. The third kappa shape index (κ3) is 3.28. The van der Waals surface area contributed by atoms with Gasteiger partial charge in [-0.3, -0.25) is 0 Å². The van der Waals surface area contributed by atoms with E-state index in [0.29, 0.717) is 17.5 Å². The van der Waals surface area contributed by atoms with Crippen molar-refractivity contribution in [2.75, 3.05) is 12.4 Å². The lowest BCUT2D eigenvalue weighted by Crippen LogP contribution is -2.35. The van der Waals surface area contributed by atoms with Crippen LogP contribution in [0.25, 0.3) is 0 Å². The van der Waals surface area contributed by atoms with Crippen molar-refractivity contribution in [3.8, 4) is 0 Å². The minimum absolute atomic E-state index is 0.284. The summed E-state index contributed by atoms with van der Waals surface area (Å²) < 4.78 is 4.75. The Bertz CT molecular complexity index is 444. The zero-order valence-corrected chi connectivity index (χ0v) is 12.0. The van der Waals surface area contributed by atoms with E-state index in [1.807, 2.05) is 18.2 Å². The number of carbonyl (C=O) groups excluding carboxylic acids is 1. The van der Waals surface area contributed by atoms with Gasteiger partial charge in [-0.15, -0.1) is 0 Å². The molecule has 3 atom stereocenters. The number of methoxy groups -OCH3 is 1. The van der Waals surface area contributed by atoms with E-state index in [1.54, 1.807) is 6.07 Å². The second-order valence-corrected chi connectivity index (χ2v) is 5.59. The van der Waals surface area contributed by atoms with Gasteiger partial charge in [0.05, 0.1) is 12.7 Å². The highest BCUT2D eigenvalue weighted by molar-refractivity contribution is 5.90. The van der Waals surface area contributed by atoms with Crippen LogP contribution in [0.2, 0.25) is 0 Å². The lowest BCUT2D eigenvalue weighted by molar-refractivity contribution is 0.0601. The van der Waals surface area contributed by atoms with Crippen LogP contribution >= 0.6 is 0 Å². The van der Waals surface area contributed by atoms with Crippen LogP contribution in [0.4, 0.5) is 5.69 Å². The maximum absolute atomic E-state index is 11.5. The first kappa shape index (κ1) is 13.9. The van der Waals surface area contributed by atoms with Crippen LogP contribution < -0.4 is 5.32 Å². The van der Waals surface area contributed by atoms with Crippen LogP contribution in [-0.4, -0.2) is 19.1 Å². The molecule has 0 bridgehead atoms. The SMILES string of the molecule is COC(=O)c1cccc(NC2CCCC(C)C2C)c1. The van der Waals surface area contributed by atoms with Gasteiger partial charge in [0.2, 0.25) is 0 Å². The van der Waals surface area contributed by atoms with Crippen molar-refractivity contribution in [1.82, 2.24) is 0 Å². The first-order valence-electron chi connectivity index (χ1n) is 7.06. The zero-order chi connectivity index (χ0) is 13.8. The average molecular weight is 261 g/mol. The van der Waals surface area contributed by atoms with E-state index in [-0.39, 0.29) is 5.97 Å². The monoisotopic (exact) mass is 261 g/mol. The summed E-state index contributed by atoms with van der Waals surface area (Å²) in [5.41, 5.74) is 1.61. The molecule has 0 saturated heterocycles.